The van der Waals surface area contributed by atoms with Gasteiger partial charge in [0.15, 0.2) is 0 Å². The molecule has 0 fully saturated rings. The van der Waals surface area contributed by atoms with Crippen molar-refractivity contribution in [2.75, 3.05) is 0 Å². The summed E-state index contributed by atoms with van der Waals surface area (Å²) < 4.78 is 3.18. The van der Waals surface area contributed by atoms with Crippen LogP contribution in [0.25, 0.3) is 11.0 Å². The first-order chi connectivity index (χ1) is 8.78. The predicted octanol–water partition coefficient (Wildman–Crippen LogP) is 3.40. The van der Waals surface area contributed by atoms with Gasteiger partial charge in [0.25, 0.3) is 0 Å². The first-order valence-electron chi connectivity index (χ1n) is 5.57. The number of imidazole rings is 1. The van der Waals surface area contributed by atoms with Crippen LogP contribution in [-0.4, -0.2) is 14.7 Å². The van der Waals surface area contributed by atoms with Crippen LogP contribution in [-0.2, 0) is 13.2 Å². The molecule has 3 aromatic rings. The molecule has 92 valence electrons. The summed E-state index contributed by atoms with van der Waals surface area (Å²) in [4.78, 5) is 5.68. The van der Waals surface area contributed by atoms with Gasteiger partial charge >= 0.3 is 0 Å². The molecule has 3 rings (SSSR count). The Bertz CT molecular complexity index is 689. The van der Waals surface area contributed by atoms with Crippen molar-refractivity contribution in [3.63, 3.8) is 0 Å². The Balaban J connectivity index is 2.09. The highest BCUT2D eigenvalue weighted by Crippen LogP contribution is 2.25. The van der Waals surface area contributed by atoms with Crippen LogP contribution in [0.3, 0.4) is 0 Å². The fraction of sp³-hybridized carbons (Fsp3) is 0.154. The van der Waals surface area contributed by atoms with E-state index in [1.54, 1.807) is 11.3 Å². The van der Waals surface area contributed by atoms with Crippen molar-refractivity contribution in [2.45, 2.75) is 13.2 Å². The quantitative estimate of drug-likeness (QED) is 0.802. The molecule has 18 heavy (non-hydrogen) atoms. The zero-order chi connectivity index (χ0) is 12.5. The molecule has 0 saturated carbocycles. The van der Waals surface area contributed by atoms with E-state index in [2.05, 4.69) is 31.5 Å². The van der Waals surface area contributed by atoms with E-state index in [4.69, 9.17) is 0 Å². The first kappa shape index (κ1) is 11.9. The second-order valence-corrected chi connectivity index (χ2v) is 6.51. The van der Waals surface area contributed by atoms with Gasteiger partial charge in [-0.15, -0.1) is 11.3 Å². The van der Waals surface area contributed by atoms with Crippen LogP contribution in [0.1, 0.15) is 10.7 Å². The topological polar surface area (TPSA) is 38.1 Å². The highest BCUT2D eigenvalue weighted by Gasteiger charge is 2.10. The average Bonchev–Trinajstić information content (AvgIpc) is 2.94. The summed E-state index contributed by atoms with van der Waals surface area (Å²) in [5.74, 6) is 0.709. The lowest BCUT2D eigenvalue weighted by Gasteiger charge is -2.05. The van der Waals surface area contributed by atoms with Gasteiger partial charge in [0, 0.05) is 4.88 Å². The fourth-order valence-corrected chi connectivity index (χ4v) is 3.49. The third kappa shape index (κ3) is 2.09. The number of aliphatic hydroxyl groups is 1. The van der Waals surface area contributed by atoms with Crippen LogP contribution in [0.15, 0.2) is 40.2 Å². The van der Waals surface area contributed by atoms with E-state index in [9.17, 15) is 5.11 Å². The summed E-state index contributed by atoms with van der Waals surface area (Å²) in [6, 6.07) is 12.1. The van der Waals surface area contributed by atoms with Crippen LogP contribution in [0.2, 0.25) is 0 Å². The number of rotatable bonds is 3. The normalized spacial score (nSPS) is 11.2. The number of para-hydroxylation sites is 2. The Morgan fingerprint density at radius 2 is 2.06 bits per heavy atom. The van der Waals surface area contributed by atoms with Crippen molar-refractivity contribution in [2.24, 2.45) is 0 Å². The minimum Gasteiger partial charge on any atom is -0.388 e. The molecule has 0 amide bonds. The average molecular weight is 323 g/mol. The molecule has 0 unspecified atom stereocenters. The van der Waals surface area contributed by atoms with Crippen LogP contribution in [0.4, 0.5) is 0 Å². The second-order valence-electron chi connectivity index (χ2n) is 3.97. The molecule has 1 aromatic carbocycles. The number of fused-ring (bicyclic) bond motifs is 1. The Hall–Kier alpha value is -1.17. The van der Waals surface area contributed by atoms with E-state index in [-0.39, 0.29) is 6.61 Å². The molecule has 5 heteroatoms. The Morgan fingerprint density at radius 1 is 1.22 bits per heavy atom. The summed E-state index contributed by atoms with van der Waals surface area (Å²) in [7, 11) is 0. The van der Waals surface area contributed by atoms with Crippen LogP contribution < -0.4 is 0 Å². The van der Waals surface area contributed by atoms with Crippen molar-refractivity contribution < 1.29 is 5.11 Å². The number of thiophene rings is 1. The van der Waals surface area contributed by atoms with Gasteiger partial charge in [-0.2, -0.15) is 0 Å². The SMILES string of the molecule is OCc1nc2ccccc2n1Cc1ccc(Br)s1. The third-order valence-electron chi connectivity index (χ3n) is 2.82. The van der Waals surface area contributed by atoms with Gasteiger partial charge in [-0.25, -0.2) is 4.98 Å². The van der Waals surface area contributed by atoms with Gasteiger partial charge in [-0.3, -0.25) is 0 Å². The van der Waals surface area contributed by atoms with Crippen molar-refractivity contribution in [3.05, 3.63) is 50.9 Å². The third-order valence-corrected chi connectivity index (χ3v) is 4.43. The monoisotopic (exact) mass is 322 g/mol. The van der Waals surface area contributed by atoms with Gasteiger partial charge in [0.2, 0.25) is 0 Å². The van der Waals surface area contributed by atoms with Gasteiger partial charge in [0.05, 0.1) is 21.4 Å². The van der Waals surface area contributed by atoms with E-state index in [1.807, 2.05) is 30.3 Å². The number of aromatic nitrogens is 2. The fourth-order valence-electron chi connectivity index (χ4n) is 2.02. The van der Waals surface area contributed by atoms with E-state index >= 15 is 0 Å². The molecule has 0 aliphatic rings. The summed E-state index contributed by atoms with van der Waals surface area (Å²) >= 11 is 5.17. The maximum Gasteiger partial charge on any atom is 0.136 e. The molecule has 0 bridgehead atoms. The van der Waals surface area contributed by atoms with E-state index < -0.39 is 0 Å². The van der Waals surface area contributed by atoms with E-state index in [0.29, 0.717) is 5.82 Å². The lowest BCUT2D eigenvalue weighted by Crippen LogP contribution is -2.03. The smallest absolute Gasteiger partial charge is 0.136 e. The molecule has 3 nitrogen and oxygen atoms in total. The molecule has 0 atom stereocenters. The highest BCUT2D eigenvalue weighted by molar-refractivity contribution is 9.11. The van der Waals surface area contributed by atoms with Crippen LogP contribution in [0, 0.1) is 0 Å². The molecule has 0 radical (unpaired) electrons. The zero-order valence-corrected chi connectivity index (χ0v) is 11.9. The largest absolute Gasteiger partial charge is 0.388 e. The van der Waals surface area contributed by atoms with Crippen LogP contribution >= 0.6 is 27.3 Å². The lowest BCUT2D eigenvalue weighted by molar-refractivity contribution is 0.267. The van der Waals surface area contributed by atoms with Gasteiger partial charge in [-0.1, -0.05) is 12.1 Å². The van der Waals surface area contributed by atoms with Crippen molar-refractivity contribution >= 4 is 38.3 Å². The van der Waals surface area contributed by atoms with Crippen molar-refractivity contribution in [1.82, 2.24) is 9.55 Å². The van der Waals surface area contributed by atoms with Crippen LogP contribution in [0.5, 0.6) is 0 Å². The number of hydrogen-bond acceptors (Lipinski definition) is 3. The molecular formula is C13H11BrN2OS. The molecule has 0 aliphatic carbocycles. The summed E-state index contributed by atoms with van der Waals surface area (Å²) in [6.45, 7) is 0.702. The number of benzene rings is 1. The number of nitrogens with zero attached hydrogens (tertiary/aromatic N) is 2. The highest BCUT2D eigenvalue weighted by atomic mass is 79.9. The van der Waals surface area contributed by atoms with Crippen molar-refractivity contribution in [3.8, 4) is 0 Å². The van der Waals surface area contributed by atoms with Gasteiger partial charge in [-0.05, 0) is 40.2 Å². The zero-order valence-electron chi connectivity index (χ0n) is 9.51. The standard InChI is InChI=1S/C13H11BrN2OS/c14-12-6-5-9(18-12)7-16-11-4-2-1-3-10(11)15-13(16)8-17/h1-6,17H,7-8H2. The summed E-state index contributed by atoms with van der Waals surface area (Å²) in [5.41, 5.74) is 1.99. The first-order valence-corrected chi connectivity index (χ1v) is 7.18. The molecule has 0 saturated heterocycles. The van der Waals surface area contributed by atoms with Gasteiger partial charge in [0.1, 0.15) is 12.4 Å². The Labute approximate surface area is 117 Å². The number of hydrogen-bond donors (Lipinski definition) is 1. The van der Waals surface area contributed by atoms with Crippen molar-refractivity contribution in [1.29, 1.82) is 0 Å². The molecule has 1 N–H and O–H groups in total. The van der Waals surface area contributed by atoms with E-state index in [0.717, 1.165) is 21.4 Å². The Kier molecular flexibility index (Phi) is 3.20. The summed E-state index contributed by atoms with van der Waals surface area (Å²) in [6.07, 6.45) is 0. The second kappa shape index (κ2) is 4.84. The van der Waals surface area contributed by atoms with E-state index in [1.165, 1.54) is 4.88 Å². The predicted molar refractivity (Wildman–Crippen MR) is 76.8 cm³/mol. The summed E-state index contributed by atoms with van der Waals surface area (Å²) in [5, 5.41) is 9.41. The maximum absolute atomic E-state index is 9.41. The molecule has 2 heterocycles. The van der Waals surface area contributed by atoms with Gasteiger partial charge < -0.3 is 9.67 Å². The number of aliphatic hydroxyl groups excluding tert-OH is 1. The number of halogens is 1. The minimum absolute atomic E-state index is 0.0405. The minimum atomic E-state index is -0.0405. The molecule has 0 aliphatic heterocycles. The molecule has 2 aromatic heterocycles. The lowest BCUT2D eigenvalue weighted by atomic mass is 10.3. The molecular weight excluding hydrogens is 312 g/mol. The Morgan fingerprint density at radius 3 is 2.78 bits per heavy atom. The molecule has 0 spiro atoms. The maximum atomic E-state index is 9.41.